The van der Waals surface area contributed by atoms with Crippen molar-refractivity contribution in [2.45, 2.75) is 65.3 Å². The summed E-state index contributed by atoms with van der Waals surface area (Å²) >= 11 is 0. The predicted octanol–water partition coefficient (Wildman–Crippen LogP) is 5.46. The molecule has 2 nitrogen and oxygen atoms in total. The highest BCUT2D eigenvalue weighted by Crippen LogP contribution is 2.38. The van der Waals surface area contributed by atoms with E-state index >= 15 is 0 Å². The van der Waals surface area contributed by atoms with Gasteiger partial charge in [-0.25, -0.2) is 0 Å². The first-order valence-corrected chi connectivity index (χ1v) is 8.91. The summed E-state index contributed by atoms with van der Waals surface area (Å²) < 4.78 is 0. The first-order valence-electron chi connectivity index (χ1n) is 8.91. The molecule has 2 aliphatic rings. The molecular formula is C21H28N2. The molecule has 0 aromatic heterocycles. The summed E-state index contributed by atoms with van der Waals surface area (Å²) in [5, 5.41) is 4.55. The Morgan fingerprint density at radius 3 is 2.43 bits per heavy atom. The zero-order valence-electron chi connectivity index (χ0n) is 14.7. The molecule has 2 heteroatoms. The van der Waals surface area contributed by atoms with Crippen molar-refractivity contribution >= 4 is 11.8 Å². The fourth-order valence-electron chi connectivity index (χ4n) is 3.70. The Hall–Kier alpha value is -1.83. The first kappa shape index (κ1) is 16.0. The van der Waals surface area contributed by atoms with E-state index in [9.17, 15) is 0 Å². The van der Waals surface area contributed by atoms with Crippen molar-refractivity contribution in [3.05, 3.63) is 52.1 Å². The van der Waals surface area contributed by atoms with Crippen LogP contribution in [0.25, 0.3) is 5.57 Å². The number of nitrogens with one attached hydrogen (secondary N) is 1. The SMILES string of the molecule is CC1=C(C)C(C)=C(c2ccccc2C=NNC2CCCCC2)C1. The molecule has 1 aromatic rings. The molecule has 0 atom stereocenters. The Bertz CT molecular complexity index is 658. The second-order valence-corrected chi connectivity index (χ2v) is 7.00. The first-order chi connectivity index (χ1) is 11.2. The molecule has 122 valence electrons. The minimum Gasteiger partial charge on any atom is -0.307 e. The summed E-state index contributed by atoms with van der Waals surface area (Å²) in [7, 11) is 0. The normalized spacial score (nSPS) is 20.0. The van der Waals surface area contributed by atoms with Gasteiger partial charge in [0.2, 0.25) is 0 Å². The van der Waals surface area contributed by atoms with Crippen LogP contribution in [0.1, 0.15) is 70.4 Å². The molecule has 0 unspecified atom stereocenters. The molecule has 1 saturated carbocycles. The summed E-state index contributed by atoms with van der Waals surface area (Å²) in [6.07, 6.45) is 9.63. The van der Waals surface area contributed by atoms with Crippen LogP contribution in [0.15, 0.2) is 46.1 Å². The molecule has 1 fully saturated rings. The van der Waals surface area contributed by atoms with Gasteiger partial charge in [0, 0.05) is 11.6 Å². The van der Waals surface area contributed by atoms with Crippen LogP contribution in [0.4, 0.5) is 0 Å². The van der Waals surface area contributed by atoms with Gasteiger partial charge in [0.05, 0.1) is 6.21 Å². The van der Waals surface area contributed by atoms with E-state index in [0.717, 1.165) is 6.42 Å². The summed E-state index contributed by atoms with van der Waals surface area (Å²) in [5.74, 6) is 0. The number of hydrogen-bond acceptors (Lipinski definition) is 2. The van der Waals surface area contributed by atoms with Crippen LogP contribution in [-0.2, 0) is 0 Å². The van der Waals surface area contributed by atoms with Crippen LogP contribution in [0.3, 0.4) is 0 Å². The van der Waals surface area contributed by atoms with Crippen molar-refractivity contribution in [2.75, 3.05) is 0 Å². The van der Waals surface area contributed by atoms with Crippen LogP contribution in [-0.4, -0.2) is 12.3 Å². The summed E-state index contributed by atoms with van der Waals surface area (Å²) in [5.41, 5.74) is 11.7. The third kappa shape index (κ3) is 3.57. The third-order valence-corrected chi connectivity index (χ3v) is 5.45. The van der Waals surface area contributed by atoms with E-state index in [-0.39, 0.29) is 0 Å². The zero-order chi connectivity index (χ0) is 16.2. The van der Waals surface area contributed by atoms with Crippen LogP contribution < -0.4 is 5.43 Å². The van der Waals surface area contributed by atoms with Gasteiger partial charge in [0.15, 0.2) is 0 Å². The van der Waals surface area contributed by atoms with Crippen molar-refractivity contribution in [3.63, 3.8) is 0 Å². The number of hydrogen-bond donors (Lipinski definition) is 1. The number of benzene rings is 1. The Labute approximate surface area is 140 Å². The lowest BCUT2D eigenvalue weighted by atomic mass is 9.96. The molecule has 0 spiro atoms. The van der Waals surface area contributed by atoms with Crippen molar-refractivity contribution in [1.82, 2.24) is 5.43 Å². The lowest BCUT2D eigenvalue weighted by Gasteiger charge is -2.20. The standard InChI is InChI=1S/C21H28N2/c1-15-13-21(17(3)16(15)2)20-12-8-7-9-18(20)14-22-23-19-10-5-4-6-11-19/h7-9,12,14,19,23H,4-6,10-11,13H2,1-3H3. The van der Waals surface area contributed by atoms with Crippen molar-refractivity contribution < 1.29 is 0 Å². The summed E-state index contributed by atoms with van der Waals surface area (Å²) in [6, 6.07) is 9.19. The van der Waals surface area contributed by atoms with E-state index in [0.29, 0.717) is 6.04 Å². The molecule has 0 heterocycles. The molecule has 0 aliphatic heterocycles. The maximum absolute atomic E-state index is 4.55. The highest BCUT2D eigenvalue weighted by molar-refractivity contribution is 5.91. The molecule has 3 rings (SSSR count). The molecule has 2 aliphatic carbocycles. The highest BCUT2D eigenvalue weighted by atomic mass is 15.3. The van der Waals surface area contributed by atoms with Crippen LogP contribution in [0, 0.1) is 0 Å². The van der Waals surface area contributed by atoms with Gasteiger partial charge in [-0.05, 0) is 62.3 Å². The lowest BCUT2D eigenvalue weighted by molar-refractivity contribution is 0.381. The second kappa shape index (κ2) is 7.16. The Kier molecular flexibility index (Phi) is 5.00. The van der Waals surface area contributed by atoms with E-state index in [1.165, 1.54) is 65.5 Å². The van der Waals surface area contributed by atoms with Gasteiger partial charge in [-0.15, -0.1) is 0 Å². The van der Waals surface area contributed by atoms with E-state index in [2.05, 4.69) is 55.6 Å². The number of rotatable bonds is 4. The third-order valence-electron chi connectivity index (χ3n) is 5.45. The van der Waals surface area contributed by atoms with Crippen LogP contribution in [0.2, 0.25) is 0 Å². The topological polar surface area (TPSA) is 24.4 Å². The van der Waals surface area contributed by atoms with Crippen LogP contribution >= 0.6 is 0 Å². The van der Waals surface area contributed by atoms with Crippen molar-refractivity contribution in [3.8, 4) is 0 Å². The summed E-state index contributed by atoms with van der Waals surface area (Å²) in [6.45, 7) is 6.72. The molecule has 0 amide bonds. The van der Waals surface area contributed by atoms with Crippen LogP contribution in [0.5, 0.6) is 0 Å². The van der Waals surface area contributed by atoms with Gasteiger partial charge in [-0.2, -0.15) is 5.10 Å². The van der Waals surface area contributed by atoms with Gasteiger partial charge in [-0.1, -0.05) is 49.1 Å². The number of nitrogens with zero attached hydrogens (tertiary/aromatic N) is 1. The Morgan fingerprint density at radius 2 is 1.74 bits per heavy atom. The molecule has 0 saturated heterocycles. The largest absolute Gasteiger partial charge is 0.307 e. The number of hydrazone groups is 1. The zero-order valence-corrected chi connectivity index (χ0v) is 14.7. The predicted molar refractivity (Wildman–Crippen MR) is 99.6 cm³/mol. The van der Waals surface area contributed by atoms with E-state index in [1.54, 1.807) is 0 Å². The molecule has 1 aromatic carbocycles. The fraction of sp³-hybridized carbons (Fsp3) is 0.476. The Morgan fingerprint density at radius 1 is 1.00 bits per heavy atom. The van der Waals surface area contributed by atoms with Gasteiger partial charge < -0.3 is 5.43 Å². The van der Waals surface area contributed by atoms with E-state index < -0.39 is 0 Å². The maximum atomic E-state index is 4.55. The molecule has 23 heavy (non-hydrogen) atoms. The van der Waals surface area contributed by atoms with Gasteiger partial charge in [0.1, 0.15) is 0 Å². The fourth-order valence-corrected chi connectivity index (χ4v) is 3.70. The summed E-state index contributed by atoms with van der Waals surface area (Å²) in [4.78, 5) is 0. The van der Waals surface area contributed by atoms with Gasteiger partial charge in [-0.3, -0.25) is 0 Å². The maximum Gasteiger partial charge on any atom is 0.0546 e. The average Bonchev–Trinajstić information content (AvgIpc) is 2.84. The van der Waals surface area contributed by atoms with Crippen molar-refractivity contribution in [1.29, 1.82) is 0 Å². The number of allylic oxidation sites excluding steroid dienone is 4. The highest BCUT2D eigenvalue weighted by Gasteiger charge is 2.18. The quantitative estimate of drug-likeness (QED) is 0.580. The Balaban J connectivity index is 1.76. The molecular weight excluding hydrogens is 280 g/mol. The molecule has 1 N–H and O–H groups in total. The smallest absolute Gasteiger partial charge is 0.0546 e. The van der Waals surface area contributed by atoms with Gasteiger partial charge in [0.25, 0.3) is 0 Å². The minimum absolute atomic E-state index is 0.561. The molecule has 0 bridgehead atoms. The monoisotopic (exact) mass is 308 g/mol. The second-order valence-electron chi connectivity index (χ2n) is 7.00. The minimum atomic E-state index is 0.561. The van der Waals surface area contributed by atoms with E-state index in [4.69, 9.17) is 0 Å². The van der Waals surface area contributed by atoms with Crippen molar-refractivity contribution in [2.24, 2.45) is 5.10 Å². The average molecular weight is 308 g/mol. The lowest BCUT2D eigenvalue weighted by Crippen LogP contribution is -2.26. The molecule has 0 radical (unpaired) electrons. The van der Waals surface area contributed by atoms with E-state index in [1.807, 2.05) is 6.21 Å². The van der Waals surface area contributed by atoms with Gasteiger partial charge >= 0.3 is 0 Å².